The molecule has 0 fully saturated rings. The van der Waals surface area contributed by atoms with Crippen LogP contribution in [0.5, 0.6) is 0 Å². The second-order valence-corrected chi connectivity index (χ2v) is 0.858. The average molecular weight is 162 g/mol. The van der Waals surface area contributed by atoms with Gasteiger partial charge in [-0.1, -0.05) is 0 Å². The molecule has 0 bridgehead atoms. The first kappa shape index (κ1) is 15.7. The molecule has 0 atom stereocenters. The molecule has 8 heavy (non-hydrogen) atoms. The van der Waals surface area contributed by atoms with Crippen molar-refractivity contribution in [1.29, 1.82) is 0 Å². The Morgan fingerprint density at radius 1 is 1.38 bits per heavy atom. The summed E-state index contributed by atoms with van der Waals surface area (Å²) in [7, 11) is 0. The van der Waals surface area contributed by atoms with Crippen LogP contribution in [-0.2, 0) is 19.5 Å². The minimum Gasteiger partial charge on any atom is -0.245 e. The monoisotopic (exact) mass is 160 g/mol. The molecular weight excluding hydrogens is 149 g/mol. The molecule has 0 aromatic heterocycles. The number of rotatable bonds is 0. The van der Waals surface area contributed by atoms with Gasteiger partial charge in [0.05, 0.1) is 0 Å². The molecule has 0 saturated carbocycles. The van der Waals surface area contributed by atoms with Crippen LogP contribution in [0, 0.1) is 13.8 Å². The minimum atomic E-state index is 0. The molecule has 0 nitrogen and oxygen atoms in total. The van der Waals surface area contributed by atoms with Gasteiger partial charge >= 0.3 is 19.5 Å². The summed E-state index contributed by atoms with van der Waals surface area (Å²) in [6.07, 6.45) is 5.14. The Balaban J connectivity index is -0.0000000575. The fourth-order valence-corrected chi connectivity index (χ4v) is 0. The van der Waals surface area contributed by atoms with E-state index in [0.717, 1.165) is 0 Å². The van der Waals surface area contributed by atoms with Crippen LogP contribution in [0.3, 0.4) is 0 Å². The zero-order valence-electron chi connectivity index (χ0n) is 5.56. The van der Waals surface area contributed by atoms with Crippen LogP contribution in [0.2, 0.25) is 0 Å². The van der Waals surface area contributed by atoms with Crippen LogP contribution in [0.1, 0.15) is 6.92 Å². The summed E-state index contributed by atoms with van der Waals surface area (Å²) in [5.41, 5.74) is 0. The van der Waals surface area contributed by atoms with Gasteiger partial charge in [0.15, 0.2) is 0 Å². The first-order chi connectivity index (χ1) is 3.33. The topological polar surface area (TPSA) is 0 Å². The van der Waals surface area contributed by atoms with E-state index in [2.05, 4.69) is 20.4 Å². The van der Waals surface area contributed by atoms with E-state index in [1.807, 2.05) is 13.0 Å². The quantitative estimate of drug-likeness (QED) is 0.378. The van der Waals surface area contributed by atoms with E-state index in [-0.39, 0.29) is 19.5 Å². The fraction of sp³-hybridized carbons (Fsp3) is 0.143. The third-order valence-electron chi connectivity index (χ3n) is 0.236. The molecule has 0 saturated heterocycles. The summed E-state index contributed by atoms with van der Waals surface area (Å²) >= 11 is 0. The second kappa shape index (κ2) is 28.9. The van der Waals surface area contributed by atoms with E-state index in [1.165, 1.54) is 6.08 Å². The van der Waals surface area contributed by atoms with Crippen molar-refractivity contribution in [2.75, 3.05) is 0 Å². The van der Waals surface area contributed by atoms with Crippen molar-refractivity contribution in [1.82, 2.24) is 0 Å². The molecule has 0 N–H and O–H groups in total. The van der Waals surface area contributed by atoms with E-state index < -0.39 is 0 Å². The molecule has 0 aliphatic heterocycles. The Hall–Kier alpha value is -0.157. The molecule has 0 rings (SSSR count). The molecule has 0 aromatic rings. The Bertz CT molecular complexity index is 42.3. The van der Waals surface area contributed by atoms with Crippen molar-refractivity contribution in [2.24, 2.45) is 0 Å². The molecule has 0 spiro atoms. The van der Waals surface area contributed by atoms with Crippen molar-refractivity contribution in [3.8, 4) is 0 Å². The molecule has 0 aliphatic carbocycles. The van der Waals surface area contributed by atoms with Crippen LogP contribution in [0.15, 0.2) is 24.8 Å². The summed E-state index contributed by atoms with van der Waals surface area (Å²) in [4.78, 5) is 0. The van der Waals surface area contributed by atoms with E-state index in [4.69, 9.17) is 0 Å². The van der Waals surface area contributed by atoms with Crippen LogP contribution in [-0.4, -0.2) is 0 Å². The zero-order chi connectivity index (χ0) is 6.12. The minimum absolute atomic E-state index is 0. The summed E-state index contributed by atoms with van der Waals surface area (Å²) in [6, 6.07) is 0. The van der Waals surface area contributed by atoms with Crippen LogP contribution < -0.4 is 0 Å². The molecule has 0 radical (unpaired) electrons. The first-order valence-electron chi connectivity index (χ1n) is 2.14. The van der Waals surface area contributed by atoms with Crippen molar-refractivity contribution in [3.63, 3.8) is 0 Å². The van der Waals surface area contributed by atoms with E-state index in [9.17, 15) is 0 Å². The van der Waals surface area contributed by atoms with Gasteiger partial charge in [-0.15, -0.1) is 6.92 Å². The van der Waals surface area contributed by atoms with Gasteiger partial charge in [0.25, 0.3) is 0 Å². The zero-order valence-corrected chi connectivity index (χ0v) is 8.53. The normalized spacial score (nSPS) is 6.12. The van der Waals surface area contributed by atoms with Crippen molar-refractivity contribution < 1.29 is 19.5 Å². The van der Waals surface area contributed by atoms with Gasteiger partial charge in [0.2, 0.25) is 0 Å². The predicted molar refractivity (Wildman–Crippen MR) is 35.7 cm³/mol. The largest absolute Gasteiger partial charge is 2.00 e. The van der Waals surface area contributed by atoms with E-state index >= 15 is 0 Å². The molecule has 0 aliphatic rings. The third-order valence-corrected chi connectivity index (χ3v) is 0.236. The average Bonchev–Trinajstić information content (AvgIpc) is 1.69. The number of allylic oxidation sites excluding steroid dienone is 3. The number of hydrogen-bond acceptors (Lipinski definition) is 0. The van der Waals surface area contributed by atoms with Gasteiger partial charge in [-0.2, -0.15) is 0 Å². The van der Waals surface area contributed by atoms with Crippen molar-refractivity contribution in [2.45, 2.75) is 6.92 Å². The first-order valence-corrected chi connectivity index (χ1v) is 2.14. The molecule has 0 aromatic carbocycles. The molecule has 1 heteroatoms. The van der Waals surface area contributed by atoms with Gasteiger partial charge < -0.3 is 0 Å². The van der Waals surface area contributed by atoms with Gasteiger partial charge in [0, 0.05) is 0 Å². The molecule has 0 amide bonds. The molecule has 0 heterocycles. The summed E-state index contributed by atoms with van der Waals surface area (Å²) in [5, 5.41) is 0. The Labute approximate surface area is 65.4 Å². The Morgan fingerprint density at radius 3 is 1.50 bits per heavy atom. The SMILES string of the molecule is C=C[CH2-].[CH2-]/C=C/C.[Zn+2]. The summed E-state index contributed by atoms with van der Waals surface area (Å²) in [5.74, 6) is 0. The maximum atomic E-state index is 3.42. The van der Waals surface area contributed by atoms with Gasteiger partial charge in [0.1, 0.15) is 0 Å². The van der Waals surface area contributed by atoms with E-state index in [0.29, 0.717) is 0 Å². The molecule has 42 valence electrons. The van der Waals surface area contributed by atoms with Gasteiger partial charge in [-0.05, 0) is 0 Å². The summed E-state index contributed by atoms with van der Waals surface area (Å²) < 4.78 is 0. The number of hydrogen-bond donors (Lipinski definition) is 0. The Morgan fingerprint density at radius 2 is 1.50 bits per heavy atom. The van der Waals surface area contributed by atoms with Crippen LogP contribution in [0.25, 0.3) is 0 Å². The van der Waals surface area contributed by atoms with E-state index in [1.54, 1.807) is 6.08 Å². The van der Waals surface area contributed by atoms with Crippen LogP contribution >= 0.6 is 0 Å². The third kappa shape index (κ3) is 193. The Kier molecular flexibility index (Phi) is 56.6. The van der Waals surface area contributed by atoms with Crippen molar-refractivity contribution >= 4 is 0 Å². The summed E-state index contributed by atoms with van der Waals surface area (Å²) in [6.45, 7) is 11.9. The van der Waals surface area contributed by atoms with Crippen molar-refractivity contribution in [3.05, 3.63) is 38.7 Å². The fourth-order valence-electron chi connectivity index (χ4n) is 0. The van der Waals surface area contributed by atoms with Gasteiger partial charge in [-0.3, -0.25) is 0 Å². The maximum Gasteiger partial charge on any atom is 2.00 e. The second-order valence-electron chi connectivity index (χ2n) is 0.858. The smallest absolute Gasteiger partial charge is 0.245 e. The predicted octanol–water partition coefficient (Wildman–Crippen LogP) is 2.40. The maximum absolute atomic E-state index is 3.42. The molecular formula is C7H12Zn. The van der Waals surface area contributed by atoms with Gasteiger partial charge in [-0.25, -0.2) is 38.7 Å². The van der Waals surface area contributed by atoms with Crippen LogP contribution in [0.4, 0.5) is 0 Å². The standard InChI is InChI=1S/C4H7.C3H5.Zn/c1-3-4-2;1-3-2;/h3-4H,1H2,2H3;3H,1-2H2;/q2*-1;+2/b4-3+;;. The molecule has 0 unspecified atom stereocenters.